The lowest BCUT2D eigenvalue weighted by Crippen LogP contribution is -2.00. The van der Waals surface area contributed by atoms with Crippen molar-refractivity contribution in [3.63, 3.8) is 0 Å². The summed E-state index contributed by atoms with van der Waals surface area (Å²) < 4.78 is 13.9. The van der Waals surface area contributed by atoms with E-state index in [-0.39, 0.29) is 5.82 Å². The highest BCUT2D eigenvalue weighted by Crippen LogP contribution is 2.29. The molecule has 0 radical (unpaired) electrons. The minimum Gasteiger partial charge on any atom is -0.387 e. The fourth-order valence-electron chi connectivity index (χ4n) is 1.82. The van der Waals surface area contributed by atoms with Crippen molar-refractivity contribution in [2.45, 2.75) is 26.4 Å². The molecule has 4 heteroatoms. The van der Waals surface area contributed by atoms with Crippen molar-refractivity contribution in [1.82, 2.24) is 0 Å². The maximum absolute atomic E-state index is 13.2. The topological polar surface area (TPSA) is 20.2 Å². The van der Waals surface area contributed by atoms with Gasteiger partial charge in [0.25, 0.3) is 0 Å². The third kappa shape index (κ3) is 3.19. The average Bonchev–Trinajstić information content (AvgIpc) is 2.57. The zero-order chi connectivity index (χ0) is 13.3. The van der Waals surface area contributed by atoms with E-state index in [9.17, 15) is 9.50 Å². The van der Waals surface area contributed by atoms with Crippen molar-refractivity contribution < 1.29 is 9.50 Å². The summed E-state index contributed by atoms with van der Waals surface area (Å²) in [4.78, 5) is 2.15. The molecule has 0 aliphatic carbocycles. The first-order valence-electron chi connectivity index (χ1n) is 5.65. The Balaban J connectivity index is 2.18. The van der Waals surface area contributed by atoms with Crippen LogP contribution in [0, 0.1) is 19.7 Å². The number of aryl methyl sites for hydroxylation is 2. The summed E-state index contributed by atoms with van der Waals surface area (Å²) in [7, 11) is 0. The molecule has 0 saturated carbocycles. The van der Waals surface area contributed by atoms with Crippen LogP contribution in [0.15, 0.2) is 28.7 Å². The van der Waals surface area contributed by atoms with Crippen LogP contribution < -0.4 is 0 Å². The first-order valence-corrected chi connectivity index (χ1v) is 7.26. The minimum atomic E-state index is -0.573. The Labute approximate surface area is 118 Å². The van der Waals surface area contributed by atoms with Gasteiger partial charge in [-0.3, -0.25) is 0 Å². The van der Waals surface area contributed by atoms with Crippen LogP contribution in [0.1, 0.15) is 27.0 Å². The highest BCUT2D eigenvalue weighted by Gasteiger charge is 2.13. The monoisotopic (exact) mass is 328 g/mol. The molecule has 18 heavy (non-hydrogen) atoms. The van der Waals surface area contributed by atoms with E-state index in [1.54, 1.807) is 11.3 Å². The van der Waals surface area contributed by atoms with Crippen LogP contribution in [0.25, 0.3) is 0 Å². The molecule has 1 aromatic heterocycles. The number of rotatable bonds is 3. The third-order valence-corrected chi connectivity index (χ3v) is 4.58. The van der Waals surface area contributed by atoms with Crippen LogP contribution in [-0.2, 0) is 6.42 Å². The summed E-state index contributed by atoms with van der Waals surface area (Å²) in [5.74, 6) is -0.287. The van der Waals surface area contributed by atoms with Crippen LogP contribution in [-0.4, -0.2) is 5.11 Å². The van der Waals surface area contributed by atoms with Gasteiger partial charge in [-0.25, -0.2) is 4.39 Å². The van der Waals surface area contributed by atoms with Gasteiger partial charge in [0, 0.05) is 20.6 Å². The molecule has 0 aliphatic heterocycles. The molecule has 0 spiro atoms. The second kappa shape index (κ2) is 5.51. The van der Waals surface area contributed by atoms with Gasteiger partial charge in [-0.15, -0.1) is 11.3 Å². The molecule has 0 amide bonds. The fourth-order valence-corrected chi connectivity index (χ4v) is 3.36. The molecular formula is C14H14BrFOS. The standard InChI is InChI=1S/C14H14BrFOS/c1-8-3-14(18-9(8)2)13(17)6-10-4-11(15)7-12(16)5-10/h3-5,7,13,17H,6H2,1-2H3. The average molecular weight is 329 g/mol. The molecule has 1 heterocycles. The van der Waals surface area contributed by atoms with Gasteiger partial charge in [-0.05, 0) is 49.2 Å². The number of hydrogen-bond donors (Lipinski definition) is 1. The smallest absolute Gasteiger partial charge is 0.124 e. The highest BCUT2D eigenvalue weighted by atomic mass is 79.9. The minimum absolute atomic E-state index is 0.287. The molecular weight excluding hydrogens is 315 g/mol. The molecule has 1 nitrogen and oxygen atoms in total. The molecule has 1 unspecified atom stereocenters. The number of aliphatic hydroxyl groups excluding tert-OH is 1. The van der Waals surface area contributed by atoms with Crippen molar-refractivity contribution in [2.24, 2.45) is 0 Å². The number of hydrogen-bond acceptors (Lipinski definition) is 2. The maximum atomic E-state index is 13.2. The molecule has 1 aromatic carbocycles. The molecule has 0 fully saturated rings. The number of benzene rings is 1. The van der Waals surface area contributed by atoms with Gasteiger partial charge in [-0.2, -0.15) is 0 Å². The Morgan fingerprint density at radius 3 is 2.56 bits per heavy atom. The zero-order valence-electron chi connectivity index (χ0n) is 10.2. The molecule has 96 valence electrons. The Kier molecular flexibility index (Phi) is 4.20. The van der Waals surface area contributed by atoms with Gasteiger partial charge in [0.15, 0.2) is 0 Å². The Morgan fingerprint density at radius 1 is 1.28 bits per heavy atom. The zero-order valence-corrected chi connectivity index (χ0v) is 12.6. The van der Waals surface area contributed by atoms with Crippen molar-refractivity contribution in [1.29, 1.82) is 0 Å². The van der Waals surface area contributed by atoms with Crippen LogP contribution >= 0.6 is 27.3 Å². The van der Waals surface area contributed by atoms with Crippen molar-refractivity contribution in [2.75, 3.05) is 0 Å². The summed E-state index contributed by atoms with van der Waals surface area (Å²) >= 11 is 4.85. The lowest BCUT2D eigenvalue weighted by Gasteiger charge is -2.09. The summed E-state index contributed by atoms with van der Waals surface area (Å²) in [5, 5.41) is 10.2. The maximum Gasteiger partial charge on any atom is 0.124 e. The summed E-state index contributed by atoms with van der Waals surface area (Å²) in [5.41, 5.74) is 1.98. The van der Waals surface area contributed by atoms with Gasteiger partial charge < -0.3 is 5.11 Å². The Bertz CT molecular complexity index is 525. The molecule has 2 aromatic rings. The van der Waals surface area contributed by atoms with E-state index in [0.29, 0.717) is 10.9 Å². The molecule has 1 atom stereocenters. The summed E-state index contributed by atoms with van der Waals surface area (Å²) in [6.45, 7) is 4.07. The first kappa shape index (κ1) is 13.7. The fraction of sp³-hybridized carbons (Fsp3) is 0.286. The predicted molar refractivity (Wildman–Crippen MR) is 76.6 cm³/mol. The van der Waals surface area contributed by atoms with E-state index in [4.69, 9.17) is 0 Å². The van der Waals surface area contributed by atoms with E-state index in [1.807, 2.05) is 26.0 Å². The normalized spacial score (nSPS) is 12.7. The van der Waals surface area contributed by atoms with Gasteiger partial charge in [0.1, 0.15) is 5.82 Å². The highest BCUT2D eigenvalue weighted by molar-refractivity contribution is 9.10. The van der Waals surface area contributed by atoms with E-state index in [1.165, 1.54) is 22.6 Å². The Hall–Kier alpha value is -0.710. The number of halogens is 2. The number of thiophene rings is 1. The lowest BCUT2D eigenvalue weighted by molar-refractivity contribution is 0.182. The molecule has 1 N–H and O–H groups in total. The van der Waals surface area contributed by atoms with Crippen molar-refractivity contribution in [3.05, 3.63) is 55.4 Å². The predicted octanol–water partition coefficient (Wildman–Crippen LogP) is 4.54. The van der Waals surface area contributed by atoms with Crippen LogP contribution in [0.2, 0.25) is 0 Å². The number of aliphatic hydroxyl groups is 1. The van der Waals surface area contributed by atoms with Crippen LogP contribution in [0.4, 0.5) is 4.39 Å². The first-order chi connectivity index (χ1) is 8.45. The van der Waals surface area contributed by atoms with Gasteiger partial charge in [0.05, 0.1) is 6.10 Å². The van der Waals surface area contributed by atoms with E-state index >= 15 is 0 Å². The van der Waals surface area contributed by atoms with Crippen LogP contribution in [0.5, 0.6) is 0 Å². The molecule has 0 bridgehead atoms. The quantitative estimate of drug-likeness (QED) is 0.876. The SMILES string of the molecule is Cc1cc(C(O)Cc2cc(F)cc(Br)c2)sc1C. The largest absolute Gasteiger partial charge is 0.387 e. The van der Waals surface area contributed by atoms with E-state index in [2.05, 4.69) is 15.9 Å². The molecule has 0 saturated heterocycles. The summed E-state index contributed by atoms with van der Waals surface area (Å²) in [6, 6.07) is 6.70. The van der Waals surface area contributed by atoms with Crippen molar-refractivity contribution >= 4 is 27.3 Å². The summed E-state index contributed by atoms with van der Waals surface area (Å²) in [6.07, 6.45) is -0.147. The van der Waals surface area contributed by atoms with Crippen molar-refractivity contribution in [3.8, 4) is 0 Å². The van der Waals surface area contributed by atoms with Gasteiger partial charge >= 0.3 is 0 Å². The van der Waals surface area contributed by atoms with Gasteiger partial charge in [-0.1, -0.05) is 15.9 Å². The second-order valence-electron chi connectivity index (χ2n) is 4.39. The molecule has 0 aliphatic rings. The Morgan fingerprint density at radius 2 is 2.00 bits per heavy atom. The molecule has 2 rings (SSSR count). The lowest BCUT2D eigenvalue weighted by atomic mass is 10.1. The second-order valence-corrected chi connectivity index (χ2v) is 6.59. The van der Waals surface area contributed by atoms with Gasteiger partial charge in [0.2, 0.25) is 0 Å². The van der Waals surface area contributed by atoms with E-state index in [0.717, 1.165) is 10.4 Å². The third-order valence-electron chi connectivity index (χ3n) is 2.86. The van der Waals surface area contributed by atoms with Crippen LogP contribution in [0.3, 0.4) is 0 Å². The van der Waals surface area contributed by atoms with E-state index < -0.39 is 6.10 Å².